The summed E-state index contributed by atoms with van der Waals surface area (Å²) in [5.41, 5.74) is 1.11. The van der Waals surface area contributed by atoms with Crippen LogP contribution in [0.15, 0.2) is 65.0 Å². The maximum absolute atomic E-state index is 13.1. The van der Waals surface area contributed by atoms with E-state index in [0.717, 1.165) is 5.57 Å². The van der Waals surface area contributed by atoms with E-state index in [1.54, 1.807) is 6.08 Å². The lowest BCUT2D eigenvalue weighted by molar-refractivity contribution is 0.628. The van der Waals surface area contributed by atoms with Gasteiger partial charge in [-0.3, -0.25) is 13.8 Å². The molecule has 1 aliphatic rings. The second-order valence-corrected chi connectivity index (χ2v) is 5.09. The summed E-state index contributed by atoms with van der Waals surface area (Å²) in [6, 6.07) is 3.94. The van der Waals surface area contributed by atoms with Gasteiger partial charge in [0.25, 0.3) is 5.56 Å². The van der Waals surface area contributed by atoms with E-state index < -0.39 is 5.82 Å². The highest BCUT2D eigenvalue weighted by Gasteiger charge is 2.06. The van der Waals surface area contributed by atoms with E-state index in [1.165, 1.54) is 41.2 Å². The highest BCUT2D eigenvalue weighted by Crippen LogP contribution is 2.15. The molecule has 0 unspecified atom stereocenters. The molecule has 3 nitrogen and oxygen atoms in total. The summed E-state index contributed by atoms with van der Waals surface area (Å²) < 4.78 is 37.2. The summed E-state index contributed by atoms with van der Waals surface area (Å²) in [6.07, 6.45) is 9.13. The summed E-state index contributed by atoms with van der Waals surface area (Å²) in [6.45, 7) is 0.441. The van der Waals surface area contributed by atoms with Crippen molar-refractivity contribution in [1.29, 1.82) is 0 Å². The molecule has 0 saturated heterocycles. The van der Waals surface area contributed by atoms with E-state index >= 15 is 0 Å². The third-order valence-electron chi connectivity index (χ3n) is 3.58. The Balaban J connectivity index is 0.00000100. The molecule has 3 rings (SSSR count). The summed E-state index contributed by atoms with van der Waals surface area (Å²) in [5.74, 6) is -0.668. The Labute approximate surface area is 137 Å². The van der Waals surface area contributed by atoms with Crippen LogP contribution in [0, 0.1) is 5.82 Å². The van der Waals surface area contributed by atoms with Crippen LogP contribution in [-0.4, -0.2) is 16.7 Å². The number of benzene rings is 1. The number of nitrogens with zero attached hydrogens (tertiary/aromatic N) is 2. The van der Waals surface area contributed by atoms with Gasteiger partial charge >= 0.3 is 0 Å². The lowest BCUT2D eigenvalue weighted by Crippen LogP contribution is -2.20. The monoisotopic (exact) mass is 334 g/mol. The molecule has 1 aromatic carbocycles. The van der Waals surface area contributed by atoms with Gasteiger partial charge in [0.15, 0.2) is 0 Å². The van der Waals surface area contributed by atoms with Gasteiger partial charge in [0.05, 0.1) is 24.4 Å². The predicted molar refractivity (Wildman–Crippen MR) is 88.6 cm³/mol. The van der Waals surface area contributed by atoms with Gasteiger partial charge in [-0.15, -0.1) is 0 Å². The smallest absolute Gasteiger partial charge is 0.261 e. The van der Waals surface area contributed by atoms with Crippen LogP contribution in [0.25, 0.3) is 10.9 Å². The zero-order valence-electron chi connectivity index (χ0n) is 13.2. The van der Waals surface area contributed by atoms with Crippen molar-refractivity contribution in [3.8, 4) is 0 Å². The van der Waals surface area contributed by atoms with Crippen LogP contribution in [-0.2, 0) is 6.54 Å². The minimum Gasteiger partial charge on any atom is -0.298 e. The molecule has 1 aliphatic carbocycles. The summed E-state index contributed by atoms with van der Waals surface area (Å²) in [4.78, 5) is 16.4. The fourth-order valence-corrected chi connectivity index (χ4v) is 2.37. The van der Waals surface area contributed by atoms with Crippen LogP contribution in [0.2, 0.25) is 0 Å². The molecule has 6 heteroatoms. The molecule has 126 valence electrons. The molecule has 24 heavy (non-hydrogen) atoms. The minimum absolute atomic E-state index is 0.201. The SMILES string of the molecule is CF.O=c1c2ccc(F)cc2ncn1CCC1=CCC=C(F)C=C1. The Hall–Kier alpha value is -2.63. The van der Waals surface area contributed by atoms with Crippen molar-refractivity contribution in [3.05, 3.63) is 76.4 Å². The summed E-state index contributed by atoms with van der Waals surface area (Å²) in [5, 5.41) is 0.391. The number of aromatic nitrogens is 2. The molecule has 0 spiro atoms. The number of rotatable bonds is 3. The van der Waals surface area contributed by atoms with E-state index in [4.69, 9.17) is 0 Å². The molecule has 0 amide bonds. The second-order valence-electron chi connectivity index (χ2n) is 5.09. The van der Waals surface area contributed by atoms with Gasteiger partial charge in [-0.25, -0.2) is 13.8 Å². The van der Waals surface area contributed by atoms with Crippen molar-refractivity contribution in [3.63, 3.8) is 0 Å². The van der Waals surface area contributed by atoms with Gasteiger partial charge in [-0.2, -0.15) is 0 Å². The van der Waals surface area contributed by atoms with Crippen molar-refractivity contribution >= 4 is 10.9 Å². The molecule has 0 fully saturated rings. The first-order chi connectivity index (χ1) is 11.6. The van der Waals surface area contributed by atoms with Gasteiger partial charge in [0.2, 0.25) is 0 Å². The predicted octanol–water partition coefficient (Wildman–Crippen LogP) is 4.25. The molecular formula is C18H17F3N2O. The molecule has 0 aliphatic heterocycles. The van der Waals surface area contributed by atoms with Crippen molar-refractivity contribution in [2.45, 2.75) is 19.4 Å². The van der Waals surface area contributed by atoms with E-state index in [-0.39, 0.29) is 11.4 Å². The minimum atomic E-state index is -0.416. The molecule has 0 radical (unpaired) electrons. The second kappa shape index (κ2) is 8.29. The van der Waals surface area contributed by atoms with Crippen LogP contribution < -0.4 is 5.56 Å². The van der Waals surface area contributed by atoms with Gasteiger partial charge in [0.1, 0.15) is 11.6 Å². The largest absolute Gasteiger partial charge is 0.298 e. The first-order valence-corrected chi connectivity index (χ1v) is 7.39. The molecule has 1 aromatic heterocycles. The molecule has 0 N–H and O–H groups in total. The van der Waals surface area contributed by atoms with Crippen molar-refractivity contribution in [2.75, 3.05) is 7.18 Å². The Morgan fingerprint density at radius 2 is 1.96 bits per heavy atom. The zero-order chi connectivity index (χ0) is 17.5. The van der Waals surface area contributed by atoms with E-state index in [1.807, 2.05) is 6.08 Å². The number of fused-ring (bicyclic) bond motifs is 1. The Morgan fingerprint density at radius 1 is 1.17 bits per heavy atom. The van der Waals surface area contributed by atoms with Crippen LogP contribution in [0.1, 0.15) is 12.8 Å². The molecule has 0 bridgehead atoms. The average Bonchev–Trinajstić information content (AvgIpc) is 2.80. The molecule has 1 heterocycles. The van der Waals surface area contributed by atoms with Crippen LogP contribution >= 0.6 is 0 Å². The first-order valence-electron chi connectivity index (χ1n) is 7.39. The first kappa shape index (κ1) is 17.7. The zero-order valence-corrected chi connectivity index (χ0v) is 13.2. The van der Waals surface area contributed by atoms with E-state index in [2.05, 4.69) is 4.98 Å². The summed E-state index contributed by atoms with van der Waals surface area (Å²) >= 11 is 0. The molecular weight excluding hydrogens is 317 g/mol. The van der Waals surface area contributed by atoms with Crippen molar-refractivity contribution in [2.24, 2.45) is 0 Å². The number of aryl methyl sites for hydroxylation is 1. The van der Waals surface area contributed by atoms with Crippen LogP contribution in [0.4, 0.5) is 13.2 Å². The fraction of sp³-hybridized carbons (Fsp3) is 0.222. The number of hydrogen-bond acceptors (Lipinski definition) is 2. The maximum atomic E-state index is 13.1. The number of alkyl halides is 1. The lowest BCUT2D eigenvalue weighted by Gasteiger charge is -2.07. The highest BCUT2D eigenvalue weighted by molar-refractivity contribution is 5.77. The topological polar surface area (TPSA) is 34.9 Å². The van der Waals surface area contributed by atoms with E-state index in [9.17, 15) is 18.0 Å². The van der Waals surface area contributed by atoms with Crippen molar-refractivity contribution < 1.29 is 13.2 Å². The quantitative estimate of drug-likeness (QED) is 0.841. The average molecular weight is 334 g/mol. The van der Waals surface area contributed by atoms with Crippen LogP contribution in [0.3, 0.4) is 0 Å². The molecule has 0 saturated carbocycles. The maximum Gasteiger partial charge on any atom is 0.261 e. The Bertz CT molecular complexity index is 866. The normalized spacial score (nSPS) is 13.7. The standard InChI is InChI=1S/C17H14F2N2O.CH3F/c18-13-3-1-2-12(4-5-13)8-9-21-11-20-16-10-14(19)6-7-15(16)17(21)22;1-2/h2-7,10-11H,1,8-9H2;1H3. The van der Waals surface area contributed by atoms with Gasteiger partial charge < -0.3 is 0 Å². The molecule has 2 aromatic rings. The lowest BCUT2D eigenvalue weighted by atomic mass is 10.1. The molecule has 0 atom stereocenters. The Morgan fingerprint density at radius 3 is 2.75 bits per heavy atom. The Kier molecular flexibility index (Phi) is 6.12. The summed E-state index contributed by atoms with van der Waals surface area (Å²) in [7, 11) is 0.500. The van der Waals surface area contributed by atoms with Gasteiger partial charge in [0, 0.05) is 12.6 Å². The van der Waals surface area contributed by atoms with Gasteiger partial charge in [-0.05, 0) is 42.7 Å². The van der Waals surface area contributed by atoms with Crippen LogP contribution in [0.5, 0.6) is 0 Å². The fourth-order valence-electron chi connectivity index (χ4n) is 2.37. The number of allylic oxidation sites excluding steroid dienone is 6. The third-order valence-corrected chi connectivity index (χ3v) is 3.58. The van der Waals surface area contributed by atoms with Gasteiger partial charge in [-0.1, -0.05) is 12.2 Å². The third kappa shape index (κ3) is 4.22. The van der Waals surface area contributed by atoms with E-state index in [0.29, 0.717) is 37.5 Å². The number of halogens is 3. The number of hydrogen-bond donors (Lipinski definition) is 0. The highest BCUT2D eigenvalue weighted by atomic mass is 19.1. The van der Waals surface area contributed by atoms with Crippen molar-refractivity contribution in [1.82, 2.24) is 9.55 Å².